The third-order valence-electron chi connectivity index (χ3n) is 5.46. The van der Waals surface area contributed by atoms with Gasteiger partial charge in [0.1, 0.15) is 17.8 Å². The first kappa shape index (κ1) is 19.8. The number of carboxylic acids is 1. The number of halogens is 2. The summed E-state index contributed by atoms with van der Waals surface area (Å²) in [5, 5.41) is 24.5. The van der Waals surface area contributed by atoms with E-state index in [-0.39, 0.29) is 16.7 Å². The normalized spacial score (nSPS) is 15.6. The molecule has 1 heterocycles. The molecule has 0 fully saturated rings. The lowest BCUT2D eigenvalue weighted by atomic mass is 9.82. The number of benzene rings is 3. The van der Waals surface area contributed by atoms with Crippen molar-refractivity contribution < 1.29 is 23.8 Å². The summed E-state index contributed by atoms with van der Waals surface area (Å²) in [7, 11) is 0. The molecular formula is C23H20F2N2O3. The molecule has 3 N–H and O–H groups in total. The van der Waals surface area contributed by atoms with Crippen LogP contribution in [0.2, 0.25) is 0 Å². The molecule has 1 aliphatic heterocycles. The predicted octanol–water partition coefficient (Wildman–Crippen LogP) is 4.18. The van der Waals surface area contributed by atoms with Gasteiger partial charge in [-0.25, -0.2) is 13.6 Å². The number of carbonyl (C=O) groups is 1. The standard InChI is InChI=1S/C23H20F2N2O3/c1-2-27-20-13-14(21(28)29)11-12-19(20)26-22(27)23(30,15-7-3-5-9-17(15)24)16-8-4-6-10-18(16)25/h3-13,22,26,30H,2H2,1H3,(H,28,29). The van der Waals surface area contributed by atoms with E-state index in [0.29, 0.717) is 17.9 Å². The number of hydrogen-bond acceptors (Lipinski definition) is 4. The first-order valence-electron chi connectivity index (χ1n) is 9.50. The van der Waals surface area contributed by atoms with Crippen molar-refractivity contribution in [1.29, 1.82) is 0 Å². The van der Waals surface area contributed by atoms with E-state index in [4.69, 9.17) is 0 Å². The summed E-state index contributed by atoms with van der Waals surface area (Å²) in [6.45, 7) is 2.18. The van der Waals surface area contributed by atoms with Crippen LogP contribution in [0, 0.1) is 11.6 Å². The molecule has 7 heteroatoms. The fourth-order valence-electron chi connectivity index (χ4n) is 4.05. The van der Waals surface area contributed by atoms with E-state index in [2.05, 4.69) is 5.32 Å². The van der Waals surface area contributed by atoms with E-state index >= 15 is 0 Å². The van der Waals surface area contributed by atoms with Crippen molar-refractivity contribution in [2.45, 2.75) is 18.7 Å². The molecule has 30 heavy (non-hydrogen) atoms. The molecular weight excluding hydrogens is 390 g/mol. The summed E-state index contributed by atoms with van der Waals surface area (Å²) in [6.07, 6.45) is -0.977. The van der Waals surface area contributed by atoms with Crippen molar-refractivity contribution in [2.75, 3.05) is 16.8 Å². The smallest absolute Gasteiger partial charge is 0.335 e. The van der Waals surface area contributed by atoms with Crippen LogP contribution >= 0.6 is 0 Å². The molecule has 3 aromatic rings. The minimum atomic E-state index is -2.10. The van der Waals surface area contributed by atoms with E-state index in [1.54, 1.807) is 23.1 Å². The van der Waals surface area contributed by atoms with Crippen LogP contribution in [0.5, 0.6) is 0 Å². The lowest BCUT2D eigenvalue weighted by Gasteiger charge is -2.40. The van der Waals surface area contributed by atoms with Gasteiger partial charge in [0.15, 0.2) is 5.60 Å². The van der Waals surface area contributed by atoms with Gasteiger partial charge in [-0.2, -0.15) is 0 Å². The van der Waals surface area contributed by atoms with Crippen LogP contribution in [0.1, 0.15) is 28.4 Å². The van der Waals surface area contributed by atoms with Gasteiger partial charge >= 0.3 is 5.97 Å². The molecule has 1 aliphatic rings. The summed E-state index contributed by atoms with van der Waals surface area (Å²) >= 11 is 0. The van der Waals surface area contributed by atoms with E-state index in [1.165, 1.54) is 48.5 Å². The lowest BCUT2D eigenvalue weighted by molar-refractivity contribution is 0.0524. The van der Waals surface area contributed by atoms with Crippen molar-refractivity contribution in [3.8, 4) is 0 Å². The second-order valence-electron chi connectivity index (χ2n) is 7.10. The molecule has 0 amide bonds. The second-order valence-corrected chi connectivity index (χ2v) is 7.10. The summed E-state index contributed by atoms with van der Waals surface area (Å²) in [4.78, 5) is 13.1. The Balaban J connectivity index is 1.93. The van der Waals surface area contributed by atoms with Crippen molar-refractivity contribution in [3.63, 3.8) is 0 Å². The average Bonchev–Trinajstić information content (AvgIpc) is 3.12. The van der Waals surface area contributed by atoms with Gasteiger partial charge < -0.3 is 20.4 Å². The van der Waals surface area contributed by atoms with Gasteiger partial charge in [-0.15, -0.1) is 0 Å². The Morgan fingerprint density at radius 1 is 1.03 bits per heavy atom. The maximum absolute atomic E-state index is 14.9. The summed E-state index contributed by atoms with van der Waals surface area (Å²) in [5.74, 6) is -2.44. The predicted molar refractivity (Wildman–Crippen MR) is 110 cm³/mol. The van der Waals surface area contributed by atoms with E-state index in [9.17, 15) is 23.8 Å². The number of anilines is 2. The number of nitrogens with zero attached hydrogens (tertiary/aromatic N) is 1. The fraction of sp³-hybridized carbons (Fsp3) is 0.174. The van der Waals surface area contributed by atoms with Crippen molar-refractivity contribution >= 4 is 17.3 Å². The van der Waals surface area contributed by atoms with Gasteiger partial charge in [-0.1, -0.05) is 36.4 Å². The second kappa shape index (κ2) is 7.42. The molecule has 0 aliphatic carbocycles. The lowest BCUT2D eigenvalue weighted by Crippen LogP contribution is -2.54. The molecule has 3 aromatic carbocycles. The maximum atomic E-state index is 14.9. The number of carboxylic acid groups (broad SMARTS) is 1. The van der Waals surface area contributed by atoms with Crippen LogP contribution in [-0.2, 0) is 5.60 Å². The van der Waals surface area contributed by atoms with Gasteiger partial charge in [0.2, 0.25) is 0 Å². The monoisotopic (exact) mass is 410 g/mol. The Kier molecular flexibility index (Phi) is 4.91. The molecule has 0 spiro atoms. The van der Waals surface area contributed by atoms with E-state index < -0.39 is 29.4 Å². The van der Waals surface area contributed by atoms with Gasteiger partial charge in [0, 0.05) is 17.7 Å². The minimum absolute atomic E-state index is 0.0787. The molecule has 154 valence electrons. The summed E-state index contributed by atoms with van der Waals surface area (Å²) in [5.41, 5.74) is -1.09. The zero-order chi connectivity index (χ0) is 21.5. The van der Waals surface area contributed by atoms with Crippen molar-refractivity contribution in [2.24, 2.45) is 0 Å². The Hall–Kier alpha value is -3.45. The Morgan fingerprint density at radius 2 is 1.60 bits per heavy atom. The Bertz CT molecular complexity index is 1070. The largest absolute Gasteiger partial charge is 0.478 e. The van der Waals surface area contributed by atoms with Crippen LogP contribution in [0.4, 0.5) is 20.2 Å². The summed E-state index contributed by atoms with van der Waals surface area (Å²) in [6, 6.07) is 15.9. The first-order chi connectivity index (χ1) is 14.4. The highest BCUT2D eigenvalue weighted by Crippen LogP contribution is 2.45. The maximum Gasteiger partial charge on any atom is 0.335 e. The Labute approximate surface area is 172 Å². The van der Waals surface area contributed by atoms with Crippen molar-refractivity contribution in [1.82, 2.24) is 0 Å². The van der Waals surface area contributed by atoms with E-state index in [1.807, 2.05) is 6.92 Å². The zero-order valence-corrected chi connectivity index (χ0v) is 16.1. The number of rotatable bonds is 5. The number of aromatic carboxylic acids is 1. The molecule has 1 atom stereocenters. The topological polar surface area (TPSA) is 72.8 Å². The molecule has 1 unspecified atom stereocenters. The minimum Gasteiger partial charge on any atom is -0.478 e. The third-order valence-corrected chi connectivity index (χ3v) is 5.46. The SMILES string of the molecule is CCN1c2cc(C(=O)O)ccc2NC1C(O)(c1ccccc1F)c1ccccc1F. The molecule has 0 saturated carbocycles. The van der Waals surface area contributed by atoms with Crippen LogP contribution in [0.3, 0.4) is 0 Å². The quantitative estimate of drug-likeness (QED) is 0.589. The van der Waals surface area contributed by atoms with Gasteiger partial charge in [-0.05, 0) is 37.3 Å². The molecule has 5 nitrogen and oxygen atoms in total. The fourth-order valence-corrected chi connectivity index (χ4v) is 4.05. The number of likely N-dealkylation sites (N-methyl/N-ethyl adjacent to an activating group) is 1. The van der Waals surface area contributed by atoms with Crippen LogP contribution in [0.25, 0.3) is 0 Å². The first-order valence-corrected chi connectivity index (χ1v) is 9.50. The van der Waals surface area contributed by atoms with Crippen LogP contribution < -0.4 is 10.2 Å². The van der Waals surface area contributed by atoms with Crippen LogP contribution in [-0.4, -0.2) is 28.9 Å². The summed E-state index contributed by atoms with van der Waals surface area (Å²) < 4.78 is 29.8. The van der Waals surface area contributed by atoms with Gasteiger partial charge in [-0.3, -0.25) is 0 Å². The molecule has 0 radical (unpaired) electrons. The molecule has 0 saturated heterocycles. The highest BCUT2D eigenvalue weighted by Gasteiger charge is 2.49. The Morgan fingerprint density at radius 3 is 2.10 bits per heavy atom. The van der Waals surface area contributed by atoms with Gasteiger partial charge in [0.05, 0.1) is 16.9 Å². The highest BCUT2D eigenvalue weighted by atomic mass is 19.1. The highest BCUT2D eigenvalue weighted by molar-refractivity contribution is 5.92. The number of fused-ring (bicyclic) bond motifs is 1. The average molecular weight is 410 g/mol. The molecule has 0 aromatic heterocycles. The van der Waals surface area contributed by atoms with Crippen LogP contribution in [0.15, 0.2) is 66.7 Å². The zero-order valence-electron chi connectivity index (χ0n) is 16.1. The third kappa shape index (κ3) is 2.98. The van der Waals surface area contributed by atoms with Gasteiger partial charge in [0.25, 0.3) is 0 Å². The molecule has 4 rings (SSSR count). The van der Waals surface area contributed by atoms with E-state index in [0.717, 1.165) is 0 Å². The number of aliphatic hydroxyl groups is 1. The number of nitrogens with one attached hydrogen (secondary N) is 1. The van der Waals surface area contributed by atoms with Crippen molar-refractivity contribution in [3.05, 3.63) is 95.1 Å². The molecule has 0 bridgehead atoms. The number of hydrogen-bond donors (Lipinski definition) is 3.